The van der Waals surface area contributed by atoms with Crippen molar-refractivity contribution in [3.05, 3.63) is 77.3 Å². The second-order valence-electron chi connectivity index (χ2n) is 10.3. The summed E-state index contributed by atoms with van der Waals surface area (Å²) in [5.74, 6) is 0.865. The summed E-state index contributed by atoms with van der Waals surface area (Å²) in [6.45, 7) is 6.33. The second-order valence-corrected chi connectivity index (χ2v) is 11.9. The van der Waals surface area contributed by atoms with Crippen LogP contribution in [0.4, 0.5) is 11.4 Å². The molecule has 2 unspecified atom stereocenters. The van der Waals surface area contributed by atoms with Crippen LogP contribution >= 0.6 is 23.4 Å². The molecule has 5 rings (SSSR count). The van der Waals surface area contributed by atoms with Gasteiger partial charge in [0.1, 0.15) is 11.5 Å². The first kappa shape index (κ1) is 30.1. The molecule has 1 fully saturated rings. The van der Waals surface area contributed by atoms with Gasteiger partial charge in [0.25, 0.3) is 5.91 Å². The SMILES string of the molecule is COc1ccc(C2Sc3cc(Cl)ccc3N(CCCN3CCN(c4ccccc4OC)CC3)C(=O)C2OC(C)=O)cc1. The number of amides is 1. The molecular formula is C32H36ClN3O5S. The van der Waals surface area contributed by atoms with Crippen LogP contribution in [0, 0.1) is 0 Å². The Balaban J connectivity index is 1.31. The molecule has 8 nitrogen and oxygen atoms in total. The predicted octanol–water partition coefficient (Wildman–Crippen LogP) is 5.68. The standard InChI is InChI=1S/C32H36ClN3O5S/c1-22(37)41-30-31(23-9-12-25(39-2)13-10-23)42-29-21-24(33)11-14-27(29)36(32(30)38)16-6-15-34-17-19-35(20-18-34)26-7-4-5-8-28(26)40-3/h4-5,7-14,21,30-31H,6,15-20H2,1-3H3. The van der Waals surface area contributed by atoms with E-state index in [1.165, 1.54) is 18.7 Å². The van der Waals surface area contributed by atoms with Crippen molar-refractivity contribution in [2.75, 3.05) is 63.3 Å². The summed E-state index contributed by atoms with van der Waals surface area (Å²) in [6, 6.07) is 21.2. The number of ether oxygens (including phenoxy) is 3. The van der Waals surface area contributed by atoms with E-state index in [0.717, 1.165) is 66.7 Å². The third-order valence-electron chi connectivity index (χ3n) is 7.64. The molecule has 0 spiro atoms. The Morgan fingerprint density at radius 1 is 0.929 bits per heavy atom. The molecule has 222 valence electrons. The van der Waals surface area contributed by atoms with Crippen molar-refractivity contribution in [1.82, 2.24) is 4.90 Å². The Labute approximate surface area is 256 Å². The van der Waals surface area contributed by atoms with E-state index in [-0.39, 0.29) is 5.91 Å². The minimum absolute atomic E-state index is 0.236. The van der Waals surface area contributed by atoms with Crippen molar-refractivity contribution in [1.29, 1.82) is 0 Å². The quantitative estimate of drug-likeness (QED) is 0.287. The lowest BCUT2D eigenvalue weighted by Gasteiger charge is -2.37. The number of piperazine rings is 1. The zero-order chi connectivity index (χ0) is 29.6. The van der Waals surface area contributed by atoms with Crippen LogP contribution in [0.3, 0.4) is 0 Å². The molecule has 0 radical (unpaired) electrons. The number of esters is 1. The van der Waals surface area contributed by atoms with Crippen LogP contribution in [0.2, 0.25) is 5.02 Å². The molecule has 3 aromatic carbocycles. The number of hydrogen-bond acceptors (Lipinski definition) is 8. The highest BCUT2D eigenvalue weighted by atomic mass is 35.5. The van der Waals surface area contributed by atoms with E-state index < -0.39 is 17.3 Å². The van der Waals surface area contributed by atoms with Crippen molar-refractivity contribution in [3.63, 3.8) is 0 Å². The summed E-state index contributed by atoms with van der Waals surface area (Å²) >= 11 is 7.90. The molecule has 3 aromatic rings. The fraction of sp³-hybridized carbons (Fsp3) is 0.375. The van der Waals surface area contributed by atoms with Gasteiger partial charge in [0.2, 0.25) is 0 Å². The highest BCUT2D eigenvalue weighted by molar-refractivity contribution is 7.99. The molecule has 42 heavy (non-hydrogen) atoms. The van der Waals surface area contributed by atoms with E-state index in [1.807, 2.05) is 54.6 Å². The number of nitrogens with zero attached hydrogens (tertiary/aromatic N) is 3. The third-order valence-corrected chi connectivity index (χ3v) is 9.23. The molecule has 2 aliphatic rings. The first-order chi connectivity index (χ1) is 20.4. The fourth-order valence-electron chi connectivity index (χ4n) is 5.52. The lowest BCUT2D eigenvalue weighted by atomic mass is 10.1. The molecule has 2 heterocycles. The van der Waals surface area contributed by atoms with Gasteiger partial charge >= 0.3 is 5.97 Å². The number of halogens is 1. The third kappa shape index (κ3) is 6.80. The maximum absolute atomic E-state index is 14.1. The summed E-state index contributed by atoms with van der Waals surface area (Å²) in [5.41, 5.74) is 2.76. The number of rotatable bonds is 9. The van der Waals surface area contributed by atoms with Crippen LogP contribution < -0.4 is 19.3 Å². The summed E-state index contributed by atoms with van der Waals surface area (Å²) in [7, 11) is 3.31. The Morgan fingerprint density at radius 2 is 1.67 bits per heavy atom. The Morgan fingerprint density at radius 3 is 2.36 bits per heavy atom. The molecule has 10 heteroatoms. The largest absolute Gasteiger partial charge is 0.497 e. The van der Waals surface area contributed by atoms with Crippen LogP contribution in [0.25, 0.3) is 0 Å². The fourth-order valence-corrected chi connectivity index (χ4v) is 7.11. The smallest absolute Gasteiger partial charge is 0.303 e. The Hall–Kier alpha value is -3.40. The first-order valence-corrected chi connectivity index (χ1v) is 15.3. The Kier molecular flexibility index (Phi) is 9.82. The molecule has 2 aliphatic heterocycles. The molecule has 2 atom stereocenters. The minimum Gasteiger partial charge on any atom is -0.497 e. The van der Waals surface area contributed by atoms with Gasteiger partial charge in [-0.05, 0) is 61.0 Å². The van der Waals surface area contributed by atoms with E-state index in [4.69, 9.17) is 25.8 Å². The van der Waals surface area contributed by atoms with E-state index in [9.17, 15) is 9.59 Å². The number of carbonyl (C=O) groups excluding carboxylic acids is 2. The number of anilines is 2. The minimum atomic E-state index is -0.989. The van der Waals surface area contributed by atoms with Gasteiger partial charge in [-0.25, -0.2) is 0 Å². The van der Waals surface area contributed by atoms with Crippen molar-refractivity contribution >= 4 is 46.6 Å². The van der Waals surface area contributed by atoms with E-state index in [1.54, 1.807) is 25.2 Å². The monoisotopic (exact) mass is 609 g/mol. The van der Waals surface area contributed by atoms with E-state index >= 15 is 0 Å². The Bertz CT molecular complexity index is 1400. The highest BCUT2D eigenvalue weighted by Crippen LogP contribution is 2.47. The molecule has 0 aromatic heterocycles. The van der Waals surface area contributed by atoms with E-state index in [2.05, 4.69) is 15.9 Å². The summed E-state index contributed by atoms with van der Waals surface area (Å²) < 4.78 is 16.6. The lowest BCUT2D eigenvalue weighted by Crippen LogP contribution is -2.48. The molecule has 0 bridgehead atoms. The van der Waals surface area contributed by atoms with Gasteiger partial charge in [0.15, 0.2) is 6.10 Å². The molecule has 0 saturated carbocycles. The number of para-hydroxylation sites is 2. The average Bonchev–Trinajstić information content (AvgIpc) is 3.11. The maximum Gasteiger partial charge on any atom is 0.303 e. The van der Waals surface area contributed by atoms with Crippen molar-refractivity contribution in [3.8, 4) is 11.5 Å². The second kappa shape index (κ2) is 13.7. The van der Waals surface area contributed by atoms with Crippen molar-refractivity contribution < 1.29 is 23.8 Å². The molecule has 0 aliphatic carbocycles. The summed E-state index contributed by atoms with van der Waals surface area (Å²) in [6.07, 6.45) is -0.218. The van der Waals surface area contributed by atoms with Gasteiger partial charge in [-0.2, -0.15) is 0 Å². The molecule has 1 amide bonds. The van der Waals surface area contributed by atoms with E-state index in [0.29, 0.717) is 17.3 Å². The van der Waals surface area contributed by atoms with Gasteiger partial charge in [-0.15, -0.1) is 11.8 Å². The number of benzene rings is 3. The number of carbonyl (C=O) groups is 2. The zero-order valence-corrected chi connectivity index (χ0v) is 25.7. The number of fused-ring (bicyclic) bond motifs is 1. The average molecular weight is 610 g/mol. The highest BCUT2D eigenvalue weighted by Gasteiger charge is 2.41. The number of methoxy groups -OCH3 is 2. The topological polar surface area (TPSA) is 71.6 Å². The van der Waals surface area contributed by atoms with Gasteiger partial charge in [-0.3, -0.25) is 14.5 Å². The van der Waals surface area contributed by atoms with Gasteiger partial charge in [0.05, 0.1) is 30.8 Å². The number of hydrogen-bond donors (Lipinski definition) is 0. The van der Waals surface area contributed by atoms with Crippen LogP contribution in [0.1, 0.15) is 24.2 Å². The first-order valence-electron chi connectivity index (χ1n) is 14.1. The summed E-state index contributed by atoms with van der Waals surface area (Å²) in [5, 5.41) is 0.138. The maximum atomic E-state index is 14.1. The molecule has 0 N–H and O–H groups in total. The van der Waals surface area contributed by atoms with Crippen molar-refractivity contribution in [2.45, 2.75) is 29.6 Å². The van der Waals surface area contributed by atoms with Crippen LogP contribution in [-0.2, 0) is 14.3 Å². The predicted molar refractivity (Wildman–Crippen MR) is 167 cm³/mol. The van der Waals surface area contributed by atoms with Crippen molar-refractivity contribution in [2.24, 2.45) is 0 Å². The van der Waals surface area contributed by atoms with Gasteiger partial charge < -0.3 is 24.0 Å². The van der Waals surface area contributed by atoms with Crippen LogP contribution in [0.15, 0.2) is 71.6 Å². The van der Waals surface area contributed by atoms with Crippen LogP contribution in [-0.4, -0.2) is 76.4 Å². The zero-order valence-electron chi connectivity index (χ0n) is 24.1. The lowest BCUT2D eigenvalue weighted by molar-refractivity contribution is -0.152. The summed E-state index contributed by atoms with van der Waals surface area (Å²) in [4.78, 5) is 33.8. The number of thioether (sulfide) groups is 1. The van der Waals surface area contributed by atoms with Crippen LogP contribution in [0.5, 0.6) is 11.5 Å². The normalized spacial score (nSPS) is 19.2. The molecular weight excluding hydrogens is 574 g/mol. The van der Waals surface area contributed by atoms with Gasteiger partial charge in [-0.1, -0.05) is 35.9 Å². The van der Waals surface area contributed by atoms with Gasteiger partial charge in [0, 0.05) is 49.6 Å². The molecule has 1 saturated heterocycles.